The van der Waals surface area contributed by atoms with E-state index in [2.05, 4.69) is 23.6 Å². The van der Waals surface area contributed by atoms with Gasteiger partial charge >= 0.3 is 6.18 Å². The number of thioether (sulfide) groups is 1. The number of imidazole rings is 1. The van der Waals surface area contributed by atoms with Gasteiger partial charge in [0.1, 0.15) is 0 Å². The summed E-state index contributed by atoms with van der Waals surface area (Å²) in [6.07, 6.45) is -4.38. The molecule has 5 nitrogen and oxygen atoms in total. The molecule has 1 saturated heterocycles. The zero-order chi connectivity index (χ0) is 27.4. The monoisotopic (exact) mass is 550 g/mol. The van der Waals surface area contributed by atoms with Gasteiger partial charge in [0.15, 0.2) is 5.16 Å². The summed E-state index contributed by atoms with van der Waals surface area (Å²) in [4.78, 5) is 21.8. The van der Waals surface area contributed by atoms with Crippen molar-refractivity contribution in [2.24, 2.45) is 0 Å². The van der Waals surface area contributed by atoms with Gasteiger partial charge in [-0.25, -0.2) is 4.98 Å². The van der Waals surface area contributed by atoms with E-state index in [1.165, 1.54) is 23.9 Å². The molecular formula is C30H29F3N4OS. The van der Waals surface area contributed by atoms with Crippen molar-refractivity contribution < 1.29 is 18.0 Å². The lowest BCUT2D eigenvalue weighted by atomic mass is 10.0. The topological polar surface area (TPSA) is 41.4 Å². The van der Waals surface area contributed by atoms with E-state index in [0.717, 1.165) is 33.7 Å². The van der Waals surface area contributed by atoms with Crippen molar-refractivity contribution in [3.05, 3.63) is 90.5 Å². The summed E-state index contributed by atoms with van der Waals surface area (Å²) in [5.41, 5.74) is 3.85. The highest BCUT2D eigenvalue weighted by molar-refractivity contribution is 7.99. The number of alkyl halides is 3. The largest absolute Gasteiger partial charge is 0.416 e. The van der Waals surface area contributed by atoms with Crippen LogP contribution in [-0.2, 0) is 17.5 Å². The van der Waals surface area contributed by atoms with Crippen LogP contribution < -0.4 is 4.90 Å². The molecule has 5 rings (SSSR count). The molecule has 0 spiro atoms. The van der Waals surface area contributed by atoms with Gasteiger partial charge in [0.05, 0.1) is 22.7 Å². The number of carbonyl (C=O) groups is 1. The number of piperazine rings is 1. The summed E-state index contributed by atoms with van der Waals surface area (Å²) in [6.45, 7) is 4.66. The predicted octanol–water partition coefficient (Wildman–Crippen LogP) is 6.70. The molecule has 9 heteroatoms. The van der Waals surface area contributed by atoms with E-state index in [1.807, 2.05) is 53.4 Å². The van der Waals surface area contributed by atoms with Gasteiger partial charge in [-0.2, -0.15) is 13.2 Å². The number of halogens is 3. The summed E-state index contributed by atoms with van der Waals surface area (Å²) in [6, 6.07) is 25.5. The summed E-state index contributed by atoms with van der Waals surface area (Å²) in [5.74, 6) is 0.236. The number of nitrogens with zero attached hydrogens (tertiary/aromatic N) is 4. The normalized spacial score (nSPS) is 14.1. The van der Waals surface area contributed by atoms with E-state index in [0.29, 0.717) is 38.4 Å². The maximum Gasteiger partial charge on any atom is 0.416 e. The minimum absolute atomic E-state index is 0.00290. The Hall–Kier alpha value is -3.72. The van der Waals surface area contributed by atoms with Crippen LogP contribution in [0, 0.1) is 0 Å². The SMILES string of the molecule is CCn1c(SCC(=O)N2CCN(c3cccc(C(F)(F)F)c3)CC2)nc(-c2ccccc2)c1-c1ccccc1. The second-order valence-corrected chi connectivity index (χ2v) is 10.2. The first kappa shape index (κ1) is 26.9. The van der Waals surface area contributed by atoms with Crippen LogP contribution in [0.1, 0.15) is 12.5 Å². The Morgan fingerprint density at radius 3 is 2.13 bits per heavy atom. The summed E-state index contributed by atoms with van der Waals surface area (Å²) < 4.78 is 41.5. The number of aromatic nitrogens is 2. The van der Waals surface area contributed by atoms with Gasteiger partial charge in [0, 0.05) is 49.5 Å². The molecular weight excluding hydrogens is 521 g/mol. The predicted molar refractivity (Wildman–Crippen MR) is 150 cm³/mol. The lowest BCUT2D eigenvalue weighted by Crippen LogP contribution is -2.49. The third kappa shape index (κ3) is 5.98. The quantitative estimate of drug-likeness (QED) is 0.240. The Bertz CT molecular complexity index is 1420. The third-order valence-electron chi connectivity index (χ3n) is 6.84. The summed E-state index contributed by atoms with van der Waals surface area (Å²) in [5, 5.41) is 0.783. The van der Waals surface area contributed by atoms with Gasteiger partial charge in [-0.3, -0.25) is 4.79 Å². The average molecular weight is 551 g/mol. The van der Waals surface area contributed by atoms with Gasteiger partial charge in [-0.05, 0) is 25.1 Å². The van der Waals surface area contributed by atoms with Crippen LogP contribution in [0.15, 0.2) is 90.1 Å². The highest BCUT2D eigenvalue weighted by Gasteiger charge is 2.31. The van der Waals surface area contributed by atoms with Crippen LogP contribution in [0.25, 0.3) is 22.5 Å². The molecule has 202 valence electrons. The summed E-state index contributed by atoms with van der Waals surface area (Å²) >= 11 is 1.42. The first-order chi connectivity index (χ1) is 18.8. The molecule has 0 atom stereocenters. The Labute approximate surface area is 230 Å². The van der Waals surface area contributed by atoms with E-state index >= 15 is 0 Å². The first-order valence-corrected chi connectivity index (χ1v) is 13.9. The van der Waals surface area contributed by atoms with Crippen molar-refractivity contribution in [2.45, 2.75) is 24.8 Å². The van der Waals surface area contributed by atoms with Crippen molar-refractivity contribution in [3.63, 3.8) is 0 Å². The highest BCUT2D eigenvalue weighted by Crippen LogP contribution is 2.36. The molecule has 1 amide bonds. The Morgan fingerprint density at radius 2 is 1.51 bits per heavy atom. The van der Waals surface area contributed by atoms with E-state index < -0.39 is 11.7 Å². The lowest BCUT2D eigenvalue weighted by Gasteiger charge is -2.36. The Balaban J connectivity index is 1.29. The van der Waals surface area contributed by atoms with Crippen LogP contribution in [0.5, 0.6) is 0 Å². The molecule has 1 aliphatic rings. The van der Waals surface area contributed by atoms with Gasteiger partial charge in [-0.15, -0.1) is 0 Å². The number of rotatable bonds is 7. The highest BCUT2D eigenvalue weighted by atomic mass is 32.2. The molecule has 0 N–H and O–H groups in total. The summed E-state index contributed by atoms with van der Waals surface area (Å²) in [7, 11) is 0. The third-order valence-corrected chi connectivity index (χ3v) is 7.80. The molecule has 0 bridgehead atoms. The molecule has 0 unspecified atom stereocenters. The molecule has 1 aromatic heterocycles. The zero-order valence-corrected chi connectivity index (χ0v) is 22.4. The maximum atomic E-state index is 13.1. The van der Waals surface area contributed by atoms with Crippen LogP contribution in [0.4, 0.5) is 18.9 Å². The van der Waals surface area contributed by atoms with E-state index in [-0.39, 0.29) is 11.7 Å². The van der Waals surface area contributed by atoms with Gasteiger partial charge in [0.2, 0.25) is 5.91 Å². The maximum absolute atomic E-state index is 13.1. The zero-order valence-electron chi connectivity index (χ0n) is 21.6. The molecule has 0 radical (unpaired) electrons. The molecule has 0 aliphatic carbocycles. The van der Waals surface area contributed by atoms with Crippen molar-refractivity contribution in [2.75, 3.05) is 36.8 Å². The van der Waals surface area contributed by atoms with Crippen molar-refractivity contribution in [1.82, 2.24) is 14.5 Å². The number of hydrogen-bond acceptors (Lipinski definition) is 4. The number of hydrogen-bond donors (Lipinski definition) is 0. The van der Waals surface area contributed by atoms with Gasteiger partial charge < -0.3 is 14.4 Å². The van der Waals surface area contributed by atoms with Gasteiger partial charge in [0.25, 0.3) is 0 Å². The fraction of sp³-hybridized carbons (Fsp3) is 0.267. The van der Waals surface area contributed by atoms with Crippen LogP contribution in [-0.4, -0.2) is 52.3 Å². The fourth-order valence-electron chi connectivity index (χ4n) is 4.83. The minimum atomic E-state index is -4.38. The second kappa shape index (κ2) is 11.6. The lowest BCUT2D eigenvalue weighted by molar-refractivity contribution is -0.137. The van der Waals surface area contributed by atoms with E-state index in [1.54, 1.807) is 11.0 Å². The molecule has 39 heavy (non-hydrogen) atoms. The second-order valence-electron chi connectivity index (χ2n) is 9.27. The minimum Gasteiger partial charge on any atom is -0.368 e. The van der Waals surface area contributed by atoms with Crippen LogP contribution in [0.3, 0.4) is 0 Å². The molecule has 1 aliphatic heterocycles. The molecule has 3 aromatic carbocycles. The van der Waals surface area contributed by atoms with Crippen molar-refractivity contribution >= 4 is 23.4 Å². The van der Waals surface area contributed by atoms with Gasteiger partial charge in [-0.1, -0.05) is 78.5 Å². The fourth-order valence-corrected chi connectivity index (χ4v) is 5.80. The molecule has 1 fully saturated rings. The van der Waals surface area contributed by atoms with E-state index in [9.17, 15) is 18.0 Å². The molecule has 0 saturated carbocycles. The first-order valence-electron chi connectivity index (χ1n) is 12.9. The molecule has 4 aromatic rings. The Morgan fingerprint density at radius 1 is 0.872 bits per heavy atom. The van der Waals surface area contributed by atoms with Crippen LogP contribution in [0.2, 0.25) is 0 Å². The molecule has 2 heterocycles. The average Bonchev–Trinajstić information content (AvgIpc) is 3.35. The van der Waals surface area contributed by atoms with Crippen LogP contribution >= 0.6 is 11.8 Å². The number of amides is 1. The standard InChI is InChI=1S/C30H29F3N4OS/c1-2-37-28(23-12-7-4-8-13-23)27(22-10-5-3-6-11-22)34-29(37)39-21-26(38)36-18-16-35(17-19-36)25-15-9-14-24(20-25)30(31,32)33/h3-15,20H,2,16-19,21H2,1H3. The van der Waals surface area contributed by atoms with E-state index in [4.69, 9.17) is 4.98 Å². The smallest absolute Gasteiger partial charge is 0.368 e. The van der Waals surface area contributed by atoms with Crippen molar-refractivity contribution in [1.29, 1.82) is 0 Å². The number of benzene rings is 3. The Kier molecular flexibility index (Phi) is 7.97. The number of carbonyl (C=O) groups excluding carboxylic acids is 1. The number of anilines is 1. The van der Waals surface area contributed by atoms with Crippen molar-refractivity contribution in [3.8, 4) is 22.5 Å².